The molecule has 0 unspecified atom stereocenters. The number of nitrogens with one attached hydrogen (secondary N) is 1. The third kappa shape index (κ3) is 4.51. The second kappa shape index (κ2) is 9.40. The van der Waals surface area contributed by atoms with Gasteiger partial charge >= 0.3 is 0 Å². The van der Waals surface area contributed by atoms with Gasteiger partial charge in [0.25, 0.3) is 0 Å². The molecule has 34 heavy (non-hydrogen) atoms. The molecule has 2 heterocycles. The highest BCUT2D eigenvalue weighted by Crippen LogP contribution is 2.34. The minimum absolute atomic E-state index is 0.0815. The number of anilines is 1. The van der Waals surface area contributed by atoms with Crippen molar-refractivity contribution in [1.82, 2.24) is 15.2 Å². The van der Waals surface area contributed by atoms with E-state index < -0.39 is 5.25 Å². The Morgan fingerprint density at radius 2 is 1.59 bits per heavy atom. The molecule has 170 valence electrons. The number of benzene rings is 3. The molecule has 4 aromatic rings. The lowest BCUT2D eigenvalue weighted by atomic mass is 10.2. The lowest BCUT2D eigenvalue weighted by Gasteiger charge is -2.15. The molecule has 5 rings (SSSR count). The standard InChI is InChI=1S/C25H20N4O4S/c1-32-18-11-7-16(8-12-18)23-26-25(28-27-23)34-21-15-22(30)29(24(21)31)17-9-13-20(14-10-17)33-19-5-3-2-4-6-19/h2-14,21H,15H2,1H3,(H,26,27,28)/t21-/m0/s1. The second-order valence-electron chi connectivity index (χ2n) is 7.48. The first-order valence-electron chi connectivity index (χ1n) is 10.5. The van der Waals surface area contributed by atoms with Crippen LogP contribution in [0.25, 0.3) is 11.4 Å². The molecule has 1 saturated heterocycles. The molecule has 2 amide bonds. The molecule has 1 N–H and O–H groups in total. The number of thioether (sulfide) groups is 1. The fraction of sp³-hybridized carbons (Fsp3) is 0.120. The second-order valence-corrected chi connectivity index (χ2v) is 8.65. The number of aromatic amines is 1. The van der Waals surface area contributed by atoms with Crippen molar-refractivity contribution >= 4 is 29.3 Å². The van der Waals surface area contributed by atoms with Gasteiger partial charge in [0.05, 0.1) is 12.8 Å². The van der Waals surface area contributed by atoms with E-state index in [1.54, 1.807) is 31.4 Å². The summed E-state index contributed by atoms with van der Waals surface area (Å²) in [7, 11) is 1.61. The zero-order valence-electron chi connectivity index (χ0n) is 18.2. The van der Waals surface area contributed by atoms with Gasteiger partial charge in [-0.25, -0.2) is 9.88 Å². The number of hydrogen-bond acceptors (Lipinski definition) is 7. The number of rotatable bonds is 7. The minimum atomic E-state index is -0.590. The molecule has 1 aromatic heterocycles. The van der Waals surface area contributed by atoms with Gasteiger partial charge in [-0.1, -0.05) is 30.0 Å². The van der Waals surface area contributed by atoms with Crippen molar-refractivity contribution in [2.45, 2.75) is 16.8 Å². The quantitative estimate of drug-likeness (QED) is 0.390. The maximum Gasteiger partial charge on any atom is 0.247 e. The van der Waals surface area contributed by atoms with Gasteiger partial charge in [-0.3, -0.25) is 14.7 Å². The summed E-state index contributed by atoms with van der Waals surface area (Å²) < 4.78 is 11.0. The summed E-state index contributed by atoms with van der Waals surface area (Å²) in [5.74, 6) is 2.10. The molecular weight excluding hydrogens is 452 g/mol. The Hall–Kier alpha value is -4.11. The minimum Gasteiger partial charge on any atom is -0.497 e. The molecule has 1 atom stereocenters. The molecule has 0 spiro atoms. The van der Waals surface area contributed by atoms with Crippen LogP contribution in [0.1, 0.15) is 6.42 Å². The molecule has 0 aliphatic carbocycles. The molecule has 1 aliphatic rings. The van der Waals surface area contributed by atoms with E-state index in [0.717, 1.165) is 11.3 Å². The van der Waals surface area contributed by atoms with Crippen LogP contribution in [-0.4, -0.2) is 39.4 Å². The number of para-hydroxylation sites is 1. The summed E-state index contributed by atoms with van der Waals surface area (Å²) in [5.41, 5.74) is 1.35. The molecule has 0 bridgehead atoms. The van der Waals surface area contributed by atoms with Crippen molar-refractivity contribution in [3.8, 4) is 28.6 Å². The summed E-state index contributed by atoms with van der Waals surface area (Å²) in [5, 5.41) is 6.90. The van der Waals surface area contributed by atoms with Gasteiger partial charge in [0.2, 0.25) is 17.0 Å². The van der Waals surface area contributed by atoms with E-state index in [0.29, 0.717) is 28.2 Å². The van der Waals surface area contributed by atoms with E-state index in [9.17, 15) is 9.59 Å². The fourth-order valence-electron chi connectivity index (χ4n) is 3.56. The van der Waals surface area contributed by atoms with Crippen LogP contribution >= 0.6 is 11.8 Å². The monoisotopic (exact) mass is 472 g/mol. The lowest BCUT2D eigenvalue weighted by molar-refractivity contribution is -0.121. The van der Waals surface area contributed by atoms with Crippen molar-refractivity contribution in [1.29, 1.82) is 0 Å². The van der Waals surface area contributed by atoms with E-state index in [-0.39, 0.29) is 18.2 Å². The molecular formula is C25H20N4O4S. The highest BCUT2D eigenvalue weighted by Gasteiger charge is 2.40. The Morgan fingerprint density at radius 3 is 2.29 bits per heavy atom. The van der Waals surface area contributed by atoms with Crippen LogP contribution in [0.2, 0.25) is 0 Å². The van der Waals surface area contributed by atoms with Crippen molar-refractivity contribution in [3.05, 3.63) is 78.9 Å². The highest BCUT2D eigenvalue weighted by atomic mass is 32.2. The highest BCUT2D eigenvalue weighted by molar-refractivity contribution is 8.00. The van der Waals surface area contributed by atoms with Crippen molar-refractivity contribution in [3.63, 3.8) is 0 Å². The van der Waals surface area contributed by atoms with Crippen LogP contribution < -0.4 is 14.4 Å². The average Bonchev–Trinajstić information content (AvgIpc) is 3.44. The first-order chi connectivity index (χ1) is 16.6. The number of nitrogens with zero attached hydrogens (tertiary/aromatic N) is 3. The molecule has 1 fully saturated rings. The number of carbonyl (C=O) groups is 2. The Labute approximate surface area is 199 Å². The van der Waals surface area contributed by atoms with Crippen molar-refractivity contribution < 1.29 is 19.1 Å². The topological polar surface area (TPSA) is 97.4 Å². The Balaban J connectivity index is 1.26. The molecule has 3 aromatic carbocycles. The van der Waals surface area contributed by atoms with Gasteiger partial charge in [-0.05, 0) is 60.7 Å². The summed E-state index contributed by atoms with van der Waals surface area (Å²) in [6.07, 6.45) is 0.0815. The van der Waals surface area contributed by atoms with Crippen molar-refractivity contribution in [2.75, 3.05) is 12.0 Å². The number of ether oxygens (including phenoxy) is 2. The Morgan fingerprint density at radius 1 is 0.912 bits per heavy atom. The summed E-state index contributed by atoms with van der Waals surface area (Å²) in [6.45, 7) is 0. The zero-order chi connectivity index (χ0) is 23.5. The van der Waals surface area contributed by atoms with Crippen LogP contribution in [0.4, 0.5) is 5.69 Å². The lowest BCUT2D eigenvalue weighted by Crippen LogP contribution is -2.31. The number of imide groups is 1. The maximum atomic E-state index is 13.0. The first-order valence-corrected chi connectivity index (χ1v) is 11.4. The van der Waals surface area contributed by atoms with Gasteiger partial charge < -0.3 is 9.47 Å². The van der Waals surface area contributed by atoms with Crippen LogP contribution in [0.5, 0.6) is 17.2 Å². The van der Waals surface area contributed by atoms with Crippen LogP contribution in [0, 0.1) is 0 Å². The molecule has 0 saturated carbocycles. The van der Waals surface area contributed by atoms with E-state index in [2.05, 4.69) is 15.2 Å². The largest absolute Gasteiger partial charge is 0.497 e. The molecule has 1 aliphatic heterocycles. The Bertz CT molecular complexity index is 1310. The van der Waals surface area contributed by atoms with Gasteiger partial charge in [0.1, 0.15) is 22.5 Å². The molecule has 9 heteroatoms. The van der Waals surface area contributed by atoms with Gasteiger partial charge in [-0.2, -0.15) is 0 Å². The third-order valence-electron chi connectivity index (χ3n) is 5.26. The number of aromatic nitrogens is 3. The van der Waals surface area contributed by atoms with E-state index in [4.69, 9.17) is 9.47 Å². The summed E-state index contributed by atoms with van der Waals surface area (Å²) in [6, 6.07) is 23.7. The number of carbonyl (C=O) groups excluding carboxylic acids is 2. The van der Waals surface area contributed by atoms with Crippen LogP contribution in [-0.2, 0) is 9.59 Å². The predicted molar refractivity (Wildman–Crippen MR) is 128 cm³/mol. The normalized spacial score (nSPS) is 15.6. The SMILES string of the molecule is COc1ccc(-c2nc(S[C@H]3CC(=O)N(c4ccc(Oc5ccccc5)cc4)C3=O)n[nH]2)cc1. The van der Waals surface area contributed by atoms with Crippen molar-refractivity contribution in [2.24, 2.45) is 0 Å². The number of H-pyrrole nitrogens is 1. The average molecular weight is 473 g/mol. The van der Waals surface area contributed by atoms with Gasteiger partial charge in [0.15, 0.2) is 5.82 Å². The fourth-order valence-corrected chi connectivity index (χ4v) is 4.49. The van der Waals surface area contributed by atoms with Crippen LogP contribution in [0.15, 0.2) is 84.0 Å². The van der Waals surface area contributed by atoms with E-state index in [1.807, 2.05) is 54.6 Å². The maximum absolute atomic E-state index is 13.0. The number of methoxy groups -OCH3 is 1. The zero-order valence-corrected chi connectivity index (χ0v) is 19.0. The summed E-state index contributed by atoms with van der Waals surface area (Å²) in [4.78, 5) is 31.3. The predicted octanol–water partition coefficient (Wildman–Crippen LogP) is 4.70. The third-order valence-corrected chi connectivity index (χ3v) is 6.30. The smallest absolute Gasteiger partial charge is 0.247 e. The molecule has 0 radical (unpaired) electrons. The summed E-state index contributed by atoms with van der Waals surface area (Å²) >= 11 is 1.17. The molecule has 8 nitrogen and oxygen atoms in total. The van der Waals surface area contributed by atoms with Crippen LogP contribution in [0.3, 0.4) is 0 Å². The number of amides is 2. The Kier molecular flexibility index (Phi) is 6.01. The van der Waals surface area contributed by atoms with Gasteiger partial charge in [0, 0.05) is 12.0 Å². The number of hydrogen-bond donors (Lipinski definition) is 1. The first kappa shape index (κ1) is 21.7. The van der Waals surface area contributed by atoms with Gasteiger partial charge in [-0.15, -0.1) is 5.10 Å². The van der Waals surface area contributed by atoms with E-state index >= 15 is 0 Å². The van der Waals surface area contributed by atoms with E-state index in [1.165, 1.54) is 16.7 Å².